The van der Waals surface area contributed by atoms with E-state index in [9.17, 15) is 5.11 Å². The van der Waals surface area contributed by atoms with Crippen LogP contribution in [0.2, 0.25) is 0 Å². The van der Waals surface area contributed by atoms with Gasteiger partial charge in [0.1, 0.15) is 0 Å². The highest BCUT2D eigenvalue weighted by Gasteiger charge is 2.03. The van der Waals surface area contributed by atoms with E-state index in [1.165, 1.54) is 0 Å². The maximum absolute atomic E-state index is 9.36. The molecule has 0 aliphatic rings. The molecule has 1 aromatic rings. The van der Waals surface area contributed by atoms with Gasteiger partial charge in [-0.1, -0.05) is 24.3 Å². The van der Waals surface area contributed by atoms with Crippen LogP contribution in [-0.4, -0.2) is 12.2 Å². The Labute approximate surface area is 72.1 Å². The number of allylic oxidation sites excluding steroid dienone is 1. The average molecular weight is 164 g/mol. The van der Waals surface area contributed by atoms with Gasteiger partial charge < -0.3 is 9.84 Å². The minimum Gasteiger partial charge on any atom is -0.504 e. The smallest absolute Gasteiger partial charge is 0.167 e. The Balaban J connectivity index is 3.18. The van der Waals surface area contributed by atoms with Crippen LogP contribution in [-0.2, 0) is 0 Å². The van der Waals surface area contributed by atoms with Crippen molar-refractivity contribution in [1.29, 1.82) is 0 Å². The van der Waals surface area contributed by atoms with Crippen LogP contribution in [0, 0.1) is 0 Å². The van der Waals surface area contributed by atoms with E-state index >= 15 is 0 Å². The predicted molar refractivity (Wildman–Crippen MR) is 49.4 cm³/mol. The molecule has 0 saturated heterocycles. The maximum Gasteiger partial charge on any atom is 0.167 e. The molecule has 64 valence electrons. The van der Waals surface area contributed by atoms with Crippen molar-refractivity contribution in [2.75, 3.05) is 7.11 Å². The number of hydrogen-bond donors (Lipinski definition) is 1. The van der Waals surface area contributed by atoms with Gasteiger partial charge in [-0.3, -0.25) is 0 Å². The van der Waals surface area contributed by atoms with Crippen LogP contribution in [0.3, 0.4) is 0 Å². The molecule has 1 rings (SSSR count). The molecule has 0 amide bonds. The molecule has 1 N–H and O–H groups in total. The lowest BCUT2D eigenvalue weighted by molar-refractivity contribution is 0.372. The third kappa shape index (κ3) is 1.59. The minimum atomic E-state index is 0.174. The summed E-state index contributed by atoms with van der Waals surface area (Å²) in [6.07, 6.45) is 3.79. The lowest BCUT2D eigenvalue weighted by atomic mass is 10.2. The summed E-state index contributed by atoms with van der Waals surface area (Å²) in [5.41, 5.74) is 0.889. The molecule has 2 heteroatoms. The Morgan fingerprint density at radius 3 is 2.75 bits per heavy atom. The molecule has 0 aromatic heterocycles. The van der Waals surface area contributed by atoms with Crippen molar-refractivity contribution in [3.05, 3.63) is 29.8 Å². The first-order valence-corrected chi connectivity index (χ1v) is 3.78. The van der Waals surface area contributed by atoms with Crippen molar-refractivity contribution in [1.82, 2.24) is 0 Å². The first-order chi connectivity index (χ1) is 5.79. The van der Waals surface area contributed by atoms with Crippen LogP contribution in [0.1, 0.15) is 12.5 Å². The second kappa shape index (κ2) is 3.81. The lowest BCUT2D eigenvalue weighted by Gasteiger charge is -2.05. The molecule has 0 aliphatic heterocycles. The van der Waals surface area contributed by atoms with Gasteiger partial charge >= 0.3 is 0 Å². The molecule has 0 fully saturated rings. The molecule has 0 bridgehead atoms. The van der Waals surface area contributed by atoms with E-state index in [-0.39, 0.29) is 5.75 Å². The molecular formula is C10H12O2. The van der Waals surface area contributed by atoms with Crippen LogP contribution in [0.5, 0.6) is 11.5 Å². The summed E-state index contributed by atoms with van der Waals surface area (Å²) in [6.45, 7) is 1.92. The Bertz CT molecular complexity index is 290. The molecule has 0 atom stereocenters. The fourth-order valence-electron chi connectivity index (χ4n) is 1.08. The fraction of sp³-hybridized carbons (Fsp3) is 0.200. The van der Waals surface area contributed by atoms with Gasteiger partial charge in [0.25, 0.3) is 0 Å². The van der Waals surface area contributed by atoms with Crippen LogP contribution in [0.15, 0.2) is 24.3 Å². The van der Waals surface area contributed by atoms with Crippen LogP contribution < -0.4 is 4.74 Å². The zero-order valence-corrected chi connectivity index (χ0v) is 7.24. The number of phenolic OH excluding ortho intramolecular Hbond substituents is 1. The number of hydrogen-bond acceptors (Lipinski definition) is 2. The first-order valence-electron chi connectivity index (χ1n) is 3.78. The average Bonchev–Trinajstić information content (AvgIpc) is 2.05. The molecule has 0 saturated carbocycles. The third-order valence-electron chi connectivity index (χ3n) is 1.58. The maximum atomic E-state index is 9.36. The Kier molecular flexibility index (Phi) is 2.75. The van der Waals surface area contributed by atoms with Crippen molar-refractivity contribution in [3.8, 4) is 11.5 Å². The summed E-state index contributed by atoms with van der Waals surface area (Å²) < 4.78 is 5.03. The Morgan fingerprint density at radius 1 is 1.42 bits per heavy atom. The van der Waals surface area contributed by atoms with Gasteiger partial charge in [-0.2, -0.15) is 0 Å². The quantitative estimate of drug-likeness (QED) is 0.727. The summed E-state index contributed by atoms with van der Waals surface area (Å²) in [5, 5.41) is 9.36. The fourth-order valence-corrected chi connectivity index (χ4v) is 1.08. The van der Waals surface area contributed by atoms with Gasteiger partial charge in [-0.25, -0.2) is 0 Å². The van der Waals surface area contributed by atoms with Gasteiger partial charge in [0, 0.05) is 5.56 Å². The largest absolute Gasteiger partial charge is 0.504 e. The van der Waals surface area contributed by atoms with Gasteiger partial charge in [-0.15, -0.1) is 0 Å². The number of benzene rings is 1. The normalized spacial score (nSPS) is 10.5. The van der Waals surface area contributed by atoms with Crippen molar-refractivity contribution in [3.63, 3.8) is 0 Å². The molecule has 12 heavy (non-hydrogen) atoms. The molecule has 1 aromatic carbocycles. The summed E-state index contributed by atoms with van der Waals surface area (Å²) >= 11 is 0. The lowest BCUT2D eigenvalue weighted by Crippen LogP contribution is -1.86. The zero-order chi connectivity index (χ0) is 8.97. The van der Waals surface area contributed by atoms with E-state index in [1.54, 1.807) is 19.2 Å². The summed E-state index contributed by atoms with van der Waals surface area (Å²) in [4.78, 5) is 0. The summed E-state index contributed by atoms with van der Waals surface area (Å²) in [5.74, 6) is 0.698. The van der Waals surface area contributed by atoms with Crippen LogP contribution in [0.4, 0.5) is 0 Å². The molecule has 0 spiro atoms. The number of ether oxygens (including phenoxy) is 1. The van der Waals surface area contributed by atoms with Crippen molar-refractivity contribution in [2.45, 2.75) is 6.92 Å². The minimum absolute atomic E-state index is 0.174. The molecular weight excluding hydrogens is 152 g/mol. The monoisotopic (exact) mass is 164 g/mol. The molecule has 0 radical (unpaired) electrons. The summed E-state index contributed by atoms with van der Waals surface area (Å²) in [7, 11) is 1.54. The van der Waals surface area contributed by atoms with Gasteiger partial charge in [0.15, 0.2) is 11.5 Å². The second-order valence-electron chi connectivity index (χ2n) is 2.40. The van der Waals surface area contributed by atoms with Crippen molar-refractivity contribution >= 4 is 6.08 Å². The van der Waals surface area contributed by atoms with Crippen molar-refractivity contribution < 1.29 is 9.84 Å². The van der Waals surface area contributed by atoms with E-state index in [2.05, 4.69) is 0 Å². The number of aromatic hydroxyl groups is 1. The van der Waals surface area contributed by atoms with Gasteiger partial charge in [0.05, 0.1) is 7.11 Å². The predicted octanol–water partition coefficient (Wildman–Crippen LogP) is 2.43. The second-order valence-corrected chi connectivity index (χ2v) is 2.40. The number of phenols is 1. The highest BCUT2D eigenvalue weighted by Crippen LogP contribution is 2.30. The highest BCUT2D eigenvalue weighted by molar-refractivity contribution is 5.61. The Hall–Kier alpha value is -1.44. The van der Waals surface area contributed by atoms with Crippen LogP contribution in [0.25, 0.3) is 6.08 Å². The molecule has 0 unspecified atom stereocenters. The summed E-state index contributed by atoms with van der Waals surface area (Å²) in [6, 6.07) is 5.28. The first kappa shape index (κ1) is 8.65. The highest BCUT2D eigenvalue weighted by atomic mass is 16.5. The number of para-hydroxylation sites is 1. The van der Waals surface area contributed by atoms with E-state index in [0.29, 0.717) is 5.75 Å². The van der Waals surface area contributed by atoms with E-state index in [0.717, 1.165) is 5.56 Å². The standard InChI is InChI=1S/C10H12O2/c1-3-5-8-6-4-7-9(11)10(8)12-2/h3-7,11H,1-2H3/b5-3-. The zero-order valence-electron chi connectivity index (χ0n) is 7.24. The van der Waals surface area contributed by atoms with Crippen molar-refractivity contribution in [2.24, 2.45) is 0 Å². The topological polar surface area (TPSA) is 29.5 Å². The third-order valence-corrected chi connectivity index (χ3v) is 1.58. The van der Waals surface area contributed by atoms with Crippen LogP contribution >= 0.6 is 0 Å². The molecule has 2 nitrogen and oxygen atoms in total. The van der Waals surface area contributed by atoms with E-state index < -0.39 is 0 Å². The number of methoxy groups -OCH3 is 1. The molecule has 0 heterocycles. The SMILES string of the molecule is C/C=C\c1cccc(O)c1OC. The van der Waals surface area contributed by atoms with Gasteiger partial charge in [-0.05, 0) is 13.0 Å². The van der Waals surface area contributed by atoms with E-state index in [1.807, 2.05) is 25.1 Å². The molecule has 0 aliphatic carbocycles. The Morgan fingerprint density at radius 2 is 2.17 bits per heavy atom. The van der Waals surface area contributed by atoms with Gasteiger partial charge in [0.2, 0.25) is 0 Å². The number of rotatable bonds is 2. The van der Waals surface area contributed by atoms with E-state index in [4.69, 9.17) is 4.74 Å².